The number of rotatable bonds is 5. The van der Waals surface area contributed by atoms with Crippen molar-refractivity contribution in [1.82, 2.24) is 5.32 Å². The molecule has 0 fully saturated rings. The number of hydrogen-bond acceptors (Lipinski definition) is 4. The molecule has 6 heteroatoms. The van der Waals surface area contributed by atoms with Crippen LogP contribution >= 0.6 is 0 Å². The molecule has 22 heavy (non-hydrogen) atoms. The van der Waals surface area contributed by atoms with Crippen molar-refractivity contribution >= 4 is 11.9 Å². The largest absolute Gasteiger partial charge is 0.481 e. The monoisotopic (exact) mass is 313 g/mol. The number of aliphatic hydroxyl groups excluding tert-OH is 1. The summed E-state index contributed by atoms with van der Waals surface area (Å²) < 4.78 is 0. The molecule has 1 aromatic carbocycles. The van der Waals surface area contributed by atoms with E-state index in [1.807, 2.05) is 44.3 Å². The fraction of sp³-hybridized carbons (Fsp3) is 0.500. The van der Waals surface area contributed by atoms with E-state index in [-0.39, 0.29) is 18.9 Å². The van der Waals surface area contributed by atoms with Gasteiger partial charge in [-0.15, -0.1) is 0 Å². The zero-order valence-electron chi connectivity index (χ0n) is 13.6. The Balaban J connectivity index is 0. The molecule has 0 aliphatic carbocycles. The van der Waals surface area contributed by atoms with Crippen LogP contribution in [0.4, 0.5) is 0 Å². The Kier molecular flexibility index (Phi) is 14.3. The van der Waals surface area contributed by atoms with Crippen LogP contribution in [0.2, 0.25) is 0 Å². The van der Waals surface area contributed by atoms with Crippen LogP contribution in [0.3, 0.4) is 0 Å². The summed E-state index contributed by atoms with van der Waals surface area (Å²) >= 11 is 0. The van der Waals surface area contributed by atoms with E-state index in [2.05, 4.69) is 5.32 Å². The average molecular weight is 313 g/mol. The summed E-state index contributed by atoms with van der Waals surface area (Å²) in [6.07, 6.45) is 0.0243. The minimum atomic E-state index is -0.745. The van der Waals surface area contributed by atoms with Crippen molar-refractivity contribution in [1.29, 1.82) is 0 Å². The maximum Gasteiger partial charge on any atom is 0.303 e. The van der Waals surface area contributed by atoms with Gasteiger partial charge in [0.1, 0.15) is 0 Å². The lowest BCUT2D eigenvalue weighted by Crippen LogP contribution is -2.28. The molecular weight excluding hydrogens is 286 g/mol. The highest BCUT2D eigenvalue weighted by molar-refractivity contribution is 5.66. The molecule has 0 amide bonds. The molecular formula is C16H27NO5. The van der Waals surface area contributed by atoms with Gasteiger partial charge in [-0.25, -0.2) is 0 Å². The Labute approximate surface area is 131 Å². The number of benzene rings is 1. The third kappa shape index (κ3) is 13.1. The van der Waals surface area contributed by atoms with Crippen LogP contribution in [0.25, 0.3) is 0 Å². The normalized spacial score (nSPS) is 11.9. The third-order valence-corrected chi connectivity index (χ3v) is 2.67. The van der Waals surface area contributed by atoms with Crippen LogP contribution < -0.4 is 5.32 Å². The van der Waals surface area contributed by atoms with Crippen LogP contribution in [0.15, 0.2) is 30.3 Å². The van der Waals surface area contributed by atoms with Gasteiger partial charge >= 0.3 is 11.9 Å². The van der Waals surface area contributed by atoms with Crippen molar-refractivity contribution in [3.8, 4) is 0 Å². The maximum absolute atomic E-state index is 9.73. The van der Waals surface area contributed by atoms with E-state index in [0.717, 1.165) is 5.56 Å². The Morgan fingerprint density at radius 2 is 1.41 bits per heavy atom. The minimum absolute atomic E-state index is 0.0902. The van der Waals surface area contributed by atoms with Crippen LogP contribution in [0.5, 0.6) is 0 Å². The quantitative estimate of drug-likeness (QED) is 0.664. The van der Waals surface area contributed by atoms with Crippen molar-refractivity contribution < 1.29 is 24.9 Å². The van der Waals surface area contributed by atoms with Crippen LogP contribution in [0.1, 0.15) is 45.3 Å². The second kappa shape index (κ2) is 14.0. The smallest absolute Gasteiger partial charge is 0.303 e. The number of aliphatic carboxylic acids is 2. The van der Waals surface area contributed by atoms with E-state index in [4.69, 9.17) is 10.2 Å². The first-order valence-corrected chi connectivity index (χ1v) is 7.13. The van der Waals surface area contributed by atoms with E-state index >= 15 is 0 Å². The average Bonchev–Trinajstić information content (AvgIpc) is 2.55. The predicted octanol–water partition coefficient (Wildman–Crippen LogP) is 2.29. The van der Waals surface area contributed by atoms with Gasteiger partial charge in [-0.05, 0) is 19.5 Å². The molecule has 0 radical (unpaired) electrons. The maximum atomic E-state index is 9.73. The molecule has 1 aromatic rings. The highest BCUT2D eigenvalue weighted by atomic mass is 16.4. The summed E-state index contributed by atoms with van der Waals surface area (Å²) in [4.78, 5) is 18.7. The SMILES string of the molecule is CCC(=O)O.CCC(=O)O.CNC(C)C(O)c1ccccc1. The number of hydrogen-bond donors (Lipinski definition) is 4. The lowest BCUT2D eigenvalue weighted by Gasteiger charge is -2.17. The molecule has 2 atom stereocenters. The van der Waals surface area contributed by atoms with Crippen LogP contribution in [-0.4, -0.2) is 40.3 Å². The highest BCUT2D eigenvalue weighted by Crippen LogP contribution is 2.15. The van der Waals surface area contributed by atoms with Gasteiger partial charge in [0.25, 0.3) is 0 Å². The lowest BCUT2D eigenvalue weighted by atomic mass is 10.0. The second-order valence-electron chi connectivity index (χ2n) is 4.43. The van der Waals surface area contributed by atoms with E-state index in [1.54, 1.807) is 13.8 Å². The molecule has 6 nitrogen and oxygen atoms in total. The van der Waals surface area contributed by atoms with Gasteiger partial charge in [0.05, 0.1) is 6.10 Å². The molecule has 0 aliphatic rings. The van der Waals surface area contributed by atoms with Crippen molar-refractivity contribution in [3.63, 3.8) is 0 Å². The summed E-state index contributed by atoms with van der Waals surface area (Å²) in [6.45, 7) is 5.16. The van der Waals surface area contributed by atoms with E-state index in [9.17, 15) is 14.7 Å². The van der Waals surface area contributed by atoms with Crippen molar-refractivity contribution in [2.45, 2.75) is 45.8 Å². The minimum Gasteiger partial charge on any atom is -0.481 e. The first-order valence-electron chi connectivity index (χ1n) is 7.13. The summed E-state index contributed by atoms with van der Waals surface area (Å²) in [5.74, 6) is -1.49. The van der Waals surface area contributed by atoms with Crippen molar-refractivity contribution in [3.05, 3.63) is 35.9 Å². The lowest BCUT2D eigenvalue weighted by molar-refractivity contribution is -0.137. The highest BCUT2D eigenvalue weighted by Gasteiger charge is 2.12. The Morgan fingerprint density at radius 1 is 1.05 bits per heavy atom. The molecule has 0 aliphatic heterocycles. The second-order valence-corrected chi connectivity index (χ2v) is 4.43. The van der Waals surface area contributed by atoms with Gasteiger partial charge in [-0.2, -0.15) is 0 Å². The number of carboxylic acid groups (broad SMARTS) is 2. The topological polar surface area (TPSA) is 107 Å². The Morgan fingerprint density at radius 3 is 1.68 bits per heavy atom. The molecule has 4 N–H and O–H groups in total. The first kappa shape index (κ1) is 22.4. The third-order valence-electron chi connectivity index (χ3n) is 2.67. The first-order chi connectivity index (χ1) is 10.3. The molecule has 0 aromatic heterocycles. The summed E-state index contributed by atoms with van der Waals surface area (Å²) in [5, 5.41) is 28.2. The molecule has 0 saturated heterocycles. The van der Waals surface area contributed by atoms with E-state index in [1.165, 1.54) is 0 Å². The van der Waals surface area contributed by atoms with Crippen LogP contribution in [0, 0.1) is 0 Å². The van der Waals surface area contributed by atoms with Gasteiger partial charge in [0.2, 0.25) is 0 Å². The number of nitrogens with one attached hydrogen (secondary N) is 1. The number of carboxylic acids is 2. The summed E-state index contributed by atoms with van der Waals surface area (Å²) in [7, 11) is 1.84. The van der Waals surface area contributed by atoms with E-state index in [0.29, 0.717) is 0 Å². The molecule has 1 rings (SSSR count). The van der Waals surface area contributed by atoms with Crippen LogP contribution in [-0.2, 0) is 9.59 Å². The van der Waals surface area contributed by atoms with E-state index < -0.39 is 18.0 Å². The summed E-state index contributed by atoms with van der Waals surface area (Å²) in [5.41, 5.74) is 0.958. The van der Waals surface area contributed by atoms with Gasteiger partial charge in [0.15, 0.2) is 0 Å². The molecule has 126 valence electrons. The number of likely N-dealkylation sites (N-methyl/N-ethyl adjacent to an activating group) is 1. The Hall–Kier alpha value is -1.92. The molecule has 0 spiro atoms. The van der Waals surface area contributed by atoms with Gasteiger partial charge < -0.3 is 20.6 Å². The van der Waals surface area contributed by atoms with Gasteiger partial charge in [-0.3, -0.25) is 9.59 Å². The number of carbonyl (C=O) groups is 2. The standard InChI is InChI=1S/C10H15NO.2C3H6O2/c1-8(11-2)10(12)9-6-4-3-5-7-9;2*1-2-3(4)5/h3-8,10-12H,1-2H3;2*2H2,1H3,(H,4,5). The number of aliphatic hydroxyl groups is 1. The van der Waals surface area contributed by atoms with Gasteiger partial charge in [-0.1, -0.05) is 44.2 Å². The summed E-state index contributed by atoms with van der Waals surface area (Å²) in [6, 6.07) is 9.76. The molecule has 0 bridgehead atoms. The fourth-order valence-electron chi connectivity index (χ4n) is 1.10. The molecule has 0 heterocycles. The molecule has 2 unspecified atom stereocenters. The van der Waals surface area contributed by atoms with Crippen molar-refractivity contribution in [2.24, 2.45) is 0 Å². The Bertz CT molecular complexity index is 394. The zero-order chi connectivity index (χ0) is 17.5. The van der Waals surface area contributed by atoms with Gasteiger partial charge in [0, 0.05) is 18.9 Å². The zero-order valence-corrected chi connectivity index (χ0v) is 13.6. The molecule has 0 saturated carbocycles. The predicted molar refractivity (Wildman–Crippen MR) is 85.8 cm³/mol. The van der Waals surface area contributed by atoms with Crippen molar-refractivity contribution in [2.75, 3.05) is 7.05 Å². The fourth-order valence-corrected chi connectivity index (χ4v) is 1.10.